The fourth-order valence-electron chi connectivity index (χ4n) is 1.57. The number of rotatable bonds is 0. The summed E-state index contributed by atoms with van der Waals surface area (Å²) in [4.78, 5) is 0. The maximum Gasteiger partial charge on any atom is 0.101 e. The molecule has 0 bridgehead atoms. The van der Waals surface area contributed by atoms with Gasteiger partial charge in [-0.25, -0.2) is 4.52 Å². The molecule has 15 heavy (non-hydrogen) atoms. The molecule has 0 aliphatic heterocycles. The Morgan fingerprint density at radius 3 is 2.53 bits per heavy atom. The molecule has 0 radical (unpaired) electrons. The largest absolute Gasteiger partial charge is 0.239 e. The van der Waals surface area contributed by atoms with Gasteiger partial charge in [0.25, 0.3) is 0 Å². The van der Waals surface area contributed by atoms with Crippen LogP contribution in [0.4, 0.5) is 0 Å². The molecule has 0 aliphatic carbocycles. The highest BCUT2D eigenvalue weighted by Crippen LogP contribution is 2.15. The van der Waals surface area contributed by atoms with Gasteiger partial charge in [-0.3, -0.25) is 0 Å². The molecular formula is C12H15N3. The first-order valence-corrected chi connectivity index (χ1v) is 5.07. The Morgan fingerprint density at radius 1 is 1.27 bits per heavy atom. The molecule has 0 unspecified atom stereocenters. The lowest BCUT2D eigenvalue weighted by molar-refractivity contribution is 0.952. The third-order valence-electron chi connectivity index (χ3n) is 2.11. The Kier molecular flexibility index (Phi) is 3.46. The molecule has 0 spiro atoms. The molecular weight excluding hydrogens is 186 g/mol. The molecule has 2 heterocycles. The van der Waals surface area contributed by atoms with E-state index in [0.717, 1.165) is 16.6 Å². The average Bonchev–Trinajstić information content (AvgIpc) is 2.63. The standard InChI is InChI=1S/C10H9N3.C2H6/c1-7-3-9(4-11)6-13-10(7)8(2)5-12-13;1-2/h3,5-6H,1-2H3;1-2H3. The Morgan fingerprint density at radius 2 is 1.93 bits per heavy atom. The van der Waals surface area contributed by atoms with Crippen molar-refractivity contribution >= 4 is 5.52 Å². The van der Waals surface area contributed by atoms with Crippen LogP contribution in [0.25, 0.3) is 5.52 Å². The lowest BCUT2D eigenvalue weighted by Crippen LogP contribution is -1.91. The molecule has 0 N–H and O–H groups in total. The molecule has 0 amide bonds. The summed E-state index contributed by atoms with van der Waals surface area (Å²) in [5.41, 5.74) is 3.98. The number of aryl methyl sites for hydroxylation is 2. The summed E-state index contributed by atoms with van der Waals surface area (Å²) in [6.07, 6.45) is 3.55. The fraction of sp³-hybridized carbons (Fsp3) is 0.333. The van der Waals surface area contributed by atoms with E-state index in [0.29, 0.717) is 5.56 Å². The molecule has 0 fully saturated rings. The van der Waals surface area contributed by atoms with Gasteiger partial charge in [-0.05, 0) is 31.0 Å². The van der Waals surface area contributed by atoms with Crippen molar-refractivity contribution in [2.75, 3.05) is 0 Å². The predicted octanol–water partition coefficient (Wildman–Crippen LogP) is 2.85. The van der Waals surface area contributed by atoms with Crippen LogP contribution in [0.1, 0.15) is 30.5 Å². The molecule has 78 valence electrons. The number of hydrogen-bond acceptors (Lipinski definition) is 2. The van der Waals surface area contributed by atoms with Crippen molar-refractivity contribution in [2.45, 2.75) is 27.7 Å². The molecule has 0 saturated heterocycles. The van der Waals surface area contributed by atoms with Crippen LogP contribution < -0.4 is 0 Å². The van der Waals surface area contributed by atoms with Gasteiger partial charge >= 0.3 is 0 Å². The molecule has 0 saturated carbocycles. The van der Waals surface area contributed by atoms with E-state index in [-0.39, 0.29) is 0 Å². The molecule has 0 aliphatic rings. The van der Waals surface area contributed by atoms with Gasteiger partial charge in [0.15, 0.2) is 0 Å². The van der Waals surface area contributed by atoms with Gasteiger partial charge in [0, 0.05) is 6.20 Å². The van der Waals surface area contributed by atoms with Crippen LogP contribution >= 0.6 is 0 Å². The summed E-state index contributed by atoms with van der Waals surface area (Å²) >= 11 is 0. The molecule has 0 atom stereocenters. The highest BCUT2D eigenvalue weighted by atomic mass is 15.2. The second kappa shape index (κ2) is 4.61. The number of aromatic nitrogens is 2. The van der Waals surface area contributed by atoms with Crippen LogP contribution in [0.3, 0.4) is 0 Å². The summed E-state index contributed by atoms with van der Waals surface area (Å²) in [6.45, 7) is 8.01. The Balaban J connectivity index is 0.000000531. The summed E-state index contributed by atoms with van der Waals surface area (Å²) in [7, 11) is 0. The highest BCUT2D eigenvalue weighted by molar-refractivity contribution is 5.60. The number of nitriles is 1. The first-order chi connectivity index (χ1) is 7.22. The maximum absolute atomic E-state index is 8.74. The van der Waals surface area contributed by atoms with Crippen LogP contribution in [-0.4, -0.2) is 9.61 Å². The van der Waals surface area contributed by atoms with Crippen molar-refractivity contribution in [2.24, 2.45) is 0 Å². The fourth-order valence-corrected chi connectivity index (χ4v) is 1.57. The van der Waals surface area contributed by atoms with E-state index in [9.17, 15) is 0 Å². The molecule has 2 aromatic heterocycles. The molecule has 2 aromatic rings. The minimum Gasteiger partial charge on any atom is -0.239 e. The van der Waals surface area contributed by atoms with Crippen LogP contribution in [0.5, 0.6) is 0 Å². The Hall–Kier alpha value is -1.82. The van der Waals surface area contributed by atoms with E-state index in [1.54, 1.807) is 10.7 Å². The van der Waals surface area contributed by atoms with Crippen molar-refractivity contribution in [3.05, 3.63) is 35.2 Å². The first-order valence-electron chi connectivity index (χ1n) is 5.07. The summed E-state index contributed by atoms with van der Waals surface area (Å²) in [5, 5.41) is 12.9. The van der Waals surface area contributed by atoms with Crippen molar-refractivity contribution in [1.29, 1.82) is 5.26 Å². The van der Waals surface area contributed by atoms with E-state index in [1.165, 1.54) is 0 Å². The number of fused-ring (bicyclic) bond motifs is 1. The zero-order valence-electron chi connectivity index (χ0n) is 9.57. The molecule has 2 rings (SSSR count). The van der Waals surface area contributed by atoms with Gasteiger partial charge in [-0.15, -0.1) is 0 Å². The third kappa shape index (κ3) is 1.99. The molecule has 3 nitrogen and oxygen atoms in total. The normalized spacial score (nSPS) is 9.27. The Bertz CT molecular complexity index is 503. The molecule has 3 heteroatoms. The van der Waals surface area contributed by atoms with Gasteiger partial charge in [-0.1, -0.05) is 13.8 Å². The Labute approximate surface area is 90.0 Å². The van der Waals surface area contributed by atoms with E-state index in [1.807, 2.05) is 40.0 Å². The number of pyridine rings is 1. The smallest absolute Gasteiger partial charge is 0.101 e. The summed E-state index contributed by atoms with van der Waals surface area (Å²) in [5.74, 6) is 0. The van der Waals surface area contributed by atoms with Gasteiger partial charge in [0.2, 0.25) is 0 Å². The number of hydrogen-bond donors (Lipinski definition) is 0. The first kappa shape index (κ1) is 11.3. The summed E-state index contributed by atoms with van der Waals surface area (Å²) < 4.78 is 1.75. The zero-order valence-corrected chi connectivity index (χ0v) is 9.57. The molecule has 0 aromatic carbocycles. The summed E-state index contributed by atoms with van der Waals surface area (Å²) in [6, 6.07) is 3.99. The predicted molar refractivity (Wildman–Crippen MR) is 60.7 cm³/mol. The minimum absolute atomic E-state index is 0.646. The van der Waals surface area contributed by atoms with Gasteiger partial charge in [0.1, 0.15) is 6.07 Å². The van der Waals surface area contributed by atoms with Gasteiger partial charge < -0.3 is 0 Å². The van der Waals surface area contributed by atoms with Crippen LogP contribution in [0.15, 0.2) is 18.5 Å². The second-order valence-electron chi connectivity index (χ2n) is 3.14. The second-order valence-corrected chi connectivity index (χ2v) is 3.14. The van der Waals surface area contributed by atoms with Crippen LogP contribution in [0.2, 0.25) is 0 Å². The quantitative estimate of drug-likeness (QED) is 0.657. The van der Waals surface area contributed by atoms with E-state index < -0.39 is 0 Å². The van der Waals surface area contributed by atoms with Crippen molar-refractivity contribution < 1.29 is 0 Å². The maximum atomic E-state index is 8.74. The van der Waals surface area contributed by atoms with E-state index in [4.69, 9.17) is 5.26 Å². The van der Waals surface area contributed by atoms with E-state index in [2.05, 4.69) is 11.2 Å². The minimum atomic E-state index is 0.646. The third-order valence-corrected chi connectivity index (χ3v) is 2.11. The SMILES string of the molecule is CC.Cc1cnn2cc(C#N)cc(C)c12. The van der Waals surface area contributed by atoms with Crippen LogP contribution in [0, 0.1) is 25.2 Å². The van der Waals surface area contributed by atoms with Crippen molar-refractivity contribution in [1.82, 2.24) is 9.61 Å². The lowest BCUT2D eigenvalue weighted by Gasteiger charge is -1.99. The van der Waals surface area contributed by atoms with Gasteiger partial charge in [-0.2, -0.15) is 10.4 Å². The van der Waals surface area contributed by atoms with Crippen LogP contribution in [-0.2, 0) is 0 Å². The topological polar surface area (TPSA) is 41.1 Å². The number of nitrogens with zero attached hydrogens (tertiary/aromatic N) is 3. The zero-order chi connectivity index (χ0) is 11.4. The van der Waals surface area contributed by atoms with Crippen molar-refractivity contribution in [3.63, 3.8) is 0 Å². The average molecular weight is 201 g/mol. The highest BCUT2D eigenvalue weighted by Gasteiger charge is 2.04. The van der Waals surface area contributed by atoms with Crippen molar-refractivity contribution in [3.8, 4) is 6.07 Å². The van der Waals surface area contributed by atoms with Gasteiger partial charge in [0.05, 0.1) is 17.3 Å². The lowest BCUT2D eigenvalue weighted by atomic mass is 10.1. The monoisotopic (exact) mass is 201 g/mol. The van der Waals surface area contributed by atoms with E-state index >= 15 is 0 Å².